The van der Waals surface area contributed by atoms with E-state index >= 15 is 0 Å². The zero-order valence-corrected chi connectivity index (χ0v) is 14.3. The molecule has 2 aromatic rings. The lowest BCUT2D eigenvalue weighted by molar-refractivity contribution is 1.23. The van der Waals surface area contributed by atoms with E-state index in [0.29, 0.717) is 0 Å². The summed E-state index contributed by atoms with van der Waals surface area (Å²) < 4.78 is 0. The molecule has 0 saturated heterocycles. The molecule has 0 bridgehead atoms. The Labute approximate surface area is 145 Å². The van der Waals surface area contributed by atoms with Crippen molar-refractivity contribution in [1.29, 1.82) is 0 Å². The molecule has 0 nitrogen and oxygen atoms in total. The summed E-state index contributed by atoms with van der Waals surface area (Å²) in [5.74, 6) is 12.0. The summed E-state index contributed by atoms with van der Waals surface area (Å²) in [6.45, 7) is 4.26. The third-order valence-electron chi connectivity index (χ3n) is 3.39. The zero-order valence-electron chi connectivity index (χ0n) is 14.3. The maximum Gasteiger partial charge on any atom is 0.0255 e. The fourth-order valence-corrected chi connectivity index (χ4v) is 2.07. The molecule has 0 aromatic heterocycles. The van der Waals surface area contributed by atoms with Crippen molar-refractivity contribution in [3.63, 3.8) is 0 Å². The largest absolute Gasteiger partial charge is 0.0842 e. The molecule has 0 aliphatic heterocycles. The van der Waals surface area contributed by atoms with Gasteiger partial charge in [0.15, 0.2) is 0 Å². The van der Waals surface area contributed by atoms with Crippen molar-refractivity contribution >= 4 is 12.2 Å². The van der Waals surface area contributed by atoms with Crippen LogP contribution in [0.15, 0.2) is 60.7 Å². The molecule has 0 amide bonds. The molecule has 24 heavy (non-hydrogen) atoms. The average Bonchev–Trinajstić information content (AvgIpc) is 2.64. The van der Waals surface area contributed by atoms with Gasteiger partial charge in [-0.2, -0.15) is 0 Å². The first kappa shape index (κ1) is 17.4. The van der Waals surface area contributed by atoms with Gasteiger partial charge in [0.2, 0.25) is 0 Å². The predicted octanol–water partition coefficient (Wildman–Crippen LogP) is 5.94. The molecule has 0 N–H and O–H groups in total. The van der Waals surface area contributed by atoms with Gasteiger partial charge in [-0.1, -0.05) is 74.3 Å². The third kappa shape index (κ3) is 6.04. The summed E-state index contributed by atoms with van der Waals surface area (Å²) in [6, 6.07) is 16.4. The molecule has 0 heterocycles. The van der Waals surface area contributed by atoms with Gasteiger partial charge >= 0.3 is 0 Å². The Kier molecular flexibility index (Phi) is 7.20. The molecule has 0 unspecified atom stereocenters. The Morgan fingerprint density at radius 1 is 0.625 bits per heavy atom. The lowest BCUT2D eigenvalue weighted by atomic mass is 10.1. The van der Waals surface area contributed by atoms with Gasteiger partial charge in [-0.15, -0.1) is 0 Å². The number of hydrogen-bond donors (Lipinski definition) is 0. The summed E-state index contributed by atoms with van der Waals surface area (Å²) in [6.07, 6.45) is 10.6. The van der Waals surface area contributed by atoms with Crippen molar-refractivity contribution in [2.24, 2.45) is 0 Å². The maximum absolute atomic E-state index is 3.08. The van der Waals surface area contributed by atoms with Crippen LogP contribution in [0.4, 0.5) is 0 Å². The Morgan fingerprint density at radius 3 is 1.33 bits per heavy atom. The van der Waals surface area contributed by atoms with Crippen LogP contribution in [0.5, 0.6) is 0 Å². The lowest BCUT2D eigenvalue weighted by Gasteiger charge is -1.93. The second kappa shape index (κ2) is 9.94. The Hall–Kier alpha value is -2.96. The van der Waals surface area contributed by atoms with Crippen molar-refractivity contribution in [3.05, 3.63) is 82.9 Å². The van der Waals surface area contributed by atoms with Crippen molar-refractivity contribution in [2.45, 2.75) is 26.7 Å². The normalized spacial score (nSPS) is 10.2. The molecular formula is C24H22. The molecule has 0 saturated carbocycles. The summed E-state index contributed by atoms with van der Waals surface area (Å²) in [7, 11) is 0. The van der Waals surface area contributed by atoms with Gasteiger partial charge in [0.05, 0.1) is 0 Å². The van der Waals surface area contributed by atoms with Gasteiger partial charge in [0, 0.05) is 11.1 Å². The second-order valence-electron chi connectivity index (χ2n) is 5.37. The molecule has 0 aliphatic rings. The van der Waals surface area contributed by atoms with Crippen LogP contribution in [0, 0.1) is 23.7 Å². The fraction of sp³-hybridized carbons (Fsp3) is 0.167. The van der Waals surface area contributed by atoms with E-state index in [0.717, 1.165) is 24.0 Å². The Balaban J connectivity index is 1.99. The van der Waals surface area contributed by atoms with E-state index in [4.69, 9.17) is 0 Å². The van der Waals surface area contributed by atoms with Crippen LogP contribution in [0.3, 0.4) is 0 Å². The molecule has 0 fully saturated rings. The minimum Gasteiger partial charge on any atom is -0.0842 e. The van der Waals surface area contributed by atoms with Gasteiger partial charge in [0.1, 0.15) is 0 Å². The van der Waals surface area contributed by atoms with Gasteiger partial charge in [-0.05, 0) is 60.1 Å². The van der Waals surface area contributed by atoms with E-state index in [1.54, 1.807) is 0 Å². The van der Waals surface area contributed by atoms with Crippen molar-refractivity contribution in [3.8, 4) is 23.7 Å². The first-order valence-electron chi connectivity index (χ1n) is 8.37. The van der Waals surface area contributed by atoms with E-state index < -0.39 is 0 Å². The predicted molar refractivity (Wildman–Crippen MR) is 105 cm³/mol. The third-order valence-corrected chi connectivity index (χ3v) is 3.39. The van der Waals surface area contributed by atoms with Crippen molar-refractivity contribution in [2.75, 3.05) is 0 Å². The lowest BCUT2D eigenvalue weighted by Crippen LogP contribution is -1.76. The van der Waals surface area contributed by atoms with Crippen LogP contribution in [0.2, 0.25) is 0 Å². The van der Waals surface area contributed by atoms with E-state index in [1.165, 1.54) is 11.1 Å². The molecule has 0 radical (unpaired) electrons. The zero-order chi connectivity index (χ0) is 17.0. The Bertz CT molecular complexity index is 735. The summed E-state index contributed by atoms with van der Waals surface area (Å²) >= 11 is 0. The van der Waals surface area contributed by atoms with E-state index in [1.807, 2.05) is 24.3 Å². The molecule has 0 heteroatoms. The van der Waals surface area contributed by atoms with Crippen LogP contribution in [0.25, 0.3) is 12.2 Å². The minimum absolute atomic E-state index is 0.984. The van der Waals surface area contributed by atoms with Crippen molar-refractivity contribution < 1.29 is 0 Å². The smallest absolute Gasteiger partial charge is 0.0255 e. The highest BCUT2D eigenvalue weighted by Crippen LogP contribution is 2.06. The van der Waals surface area contributed by atoms with Crippen LogP contribution in [-0.2, 0) is 0 Å². The summed E-state index contributed by atoms with van der Waals surface area (Å²) in [5, 5.41) is 0. The van der Waals surface area contributed by atoms with Crippen molar-refractivity contribution in [1.82, 2.24) is 0 Å². The number of benzene rings is 2. The van der Waals surface area contributed by atoms with Crippen LogP contribution < -0.4 is 0 Å². The number of allylic oxidation sites excluding steroid dienone is 2. The van der Waals surface area contributed by atoms with E-state index in [2.05, 4.69) is 86.1 Å². The summed E-state index contributed by atoms with van der Waals surface area (Å²) in [4.78, 5) is 0. The molecule has 0 spiro atoms. The molecular weight excluding hydrogens is 288 g/mol. The monoisotopic (exact) mass is 310 g/mol. The van der Waals surface area contributed by atoms with E-state index in [-0.39, 0.29) is 0 Å². The topological polar surface area (TPSA) is 0 Å². The van der Waals surface area contributed by atoms with E-state index in [9.17, 15) is 0 Å². The highest BCUT2D eigenvalue weighted by molar-refractivity contribution is 5.53. The quantitative estimate of drug-likeness (QED) is 0.613. The maximum atomic E-state index is 3.08. The number of rotatable bonds is 4. The first-order valence-corrected chi connectivity index (χ1v) is 8.37. The van der Waals surface area contributed by atoms with Gasteiger partial charge in [-0.3, -0.25) is 0 Å². The second-order valence-corrected chi connectivity index (χ2v) is 5.37. The van der Waals surface area contributed by atoms with Crippen LogP contribution >= 0.6 is 0 Å². The molecule has 2 rings (SSSR count). The SMILES string of the molecule is CC/C=C/c1ccc(C#CC#Cc2ccc(/C=C/CC)cc2)cc1. The first-order chi connectivity index (χ1) is 11.8. The van der Waals surface area contributed by atoms with Crippen LogP contribution in [-0.4, -0.2) is 0 Å². The molecule has 2 aromatic carbocycles. The molecule has 118 valence electrons. The Morgan fingerprint density at radius 2 is 1.00 bits per heavy atom. The van der Waals surface area contributed by atoms with Gasteiger partial charge in [-0.25, -0.2) is 0 Å². The highest BCUT2D eigenvalue weighted by atomic mass is 13.9. The van der Waals surface area contributed by atoms with Crippen LogP contribution in [0.1, 0.15) is 48.9 Å². The van der Waals surface area contributed by atoms with Gasteiger partial charge in [0.25, 0.3) is 0 Å². The molecule has 0 aliphatic carbocycles. The number of hydrogen-bond acceptors (Lipinski definition) is 0. The van der Waals surface area contributed by atoms with Gasteiger partial charge < -0.3 is 0 Å². The molecule has 0 atom stereocenters. The standard InChI is InChI=1S/C24H22/c1-3-5-9-21-13-17-23(18-14-21)11-7-8-12-24-19-15-22(16-20-24)10-6-4-2/h5-6,9-10,13-20H,3-4H2,1-2H3/b9-5+,10-6+. The minimum atomic E-state index is 0.984. The fourth-order valence-electron chi connectivity index (χ4n) is 2.07. The average molecular weight is 310 g/mol. The summed E-state index contributed by atoms with van der Waals surface area (Å²) in [5.41, 5.74) is 4.37. The highest BCUT2D eigenvalue weighted by Gasteiger charge is 1.88.